The highest BCUT2D eigenvalue weighted by Crippen LogP contribution is 2.35. The largest absolute Gasteiger partial charge is 0.0928 e. The summed E-state index contributed by atoms with van der Waals surface area (Å²) in [7, 11) is 0. The van der Waals surface area contributed by atoms with Gasteiger partial charge in [-0.3, -0.25) is 0 Å². The lowest BCUT2D eigenvalue weighted by molar-refractivity contribution is 0.450. The van der Waals surface area contributed by atoms with Gasteiger partial charge in [0, 0.05) is 9.65 Å². The number of unbranched alkanes of at least 4 members (excludes halogenated alkanes) is 2. The topological polar surface area (TPSA) is 0 Å². The van der Waals surface area contributed by atoms with Crippen molar-refractivity contribution in [3.8, 4) is 0 Å². The normalized spacial score (nSPS) is 15.4. The van der Waals surface area contributed by atoms with Gasteiger partial charge >= 0.3 is 0 Å². The Labute approximate surface area is 106 Å². The van der Waals surface area contributed by atoms with E-state index >= 15 is 0 Å². The molecule has 0 aromatic rings. The highest BCUT2D eigenvalue weighted by molar-refractivity contribution is 9.10. The Bertz CT molecular complexity index is 125. The van der Waals surface area contributed by atoms with Crippen LogP contribution in [0.1, 0.15) is 58.3 Å². The van der Waals surface area contributed by atoms with E-state index in [4.69, 9.17) is 0 Å². The molecule has 0 fully saturated rings. The number of hydrogen-bond acceptors (Lipinski definition) is 0. The molecule has 0 aromatic heterocycles. The molecular formula is C12H23Br2. The summed E-state index contributed by atoms with van der Waals surface area (Å²) in [4.78, 5) is 0. The van der Waals surface area contributed by atoms with Crippen LogP contribution in [0.5, 0.6) is 0 Å². The number of alkyl halides is 2. The van der Waals surface area contributed by atoms with Gasteiger partial charge in [-0.1, -0.05) is 71.4 Å². The quantitative estimate of drug-likeness (QED) is 0.388. The molecule has 0 rings (SSSR count). The highest BCUT2D eigenvalue weighted by atomic mass is 79.9. The third-order valence-corrected chi connectivity index (χ3v) is 4.36. The Morgan fingerprint density at radius 1 is 1.07 bits per heavy atom. The van der Waals surface area contributed by atoms with Crippen LogP contribution in [0.2, 0.25) is 0 Å². The molecule has 0 bridgehead atoms. The maximum atomic E-state index is 3.97. The van der Waals surface area contributed by atoms with Crippen LogP contribution in [0.3, 0.4) is 0 Å². The predicted molar refractivity (Wildman–Crippen MR) is 73.4 cm³/mol. The highest BCUT2D eigenvalue weighted by Gasteiger charge is 2.23. The molecule has 0 aliphatic heterocycles. The molecule has 85 valence electrons. The maximum absolute atomic E-state index is 3.97. The third kappa shape index (κ3) is 7.28. The van der Waals surface area contributed by atoms with Crippen molar-refractivity contribution in [3.63, 3.8) is 0 Å². The summed E-state index contributed by atoms with van der Waals surface area (Å²) in [5, 5.41) is 1.13. The van der Waals surface area contributed by atoms with E-state index in [-0.39, 0.29) is 0 Å². The number of rotatable bonds is 9. The molecule has 0 saturated heterocycles. The fourth-order valence-electron chi connectivity index (χ4n) is 1.72. The zero-order valence-corrected chi connectivity index (χ0v) is 12.5. The average Bonchev–Trinajstić information content (AvgIpc) is 2.16. The van der Waals surface area contributed by atoms with E-state index in [1.165, 1.54) is 44.9 Å². The summed E-state index contributed by atoms with van der Waals surface area (Å²) in [6.07, 6.45) is 10.1. The molecule has 0 nitrogen and oxygen atoms in total. The molecule has 0 amide bonds. The minimum atomic E-state index is 0.382. The fraction of sp³-hybridized carbons (Fsp3) is 0.917. The molecule has 0 aliphatic carbocycles. The van der Waals surface area contributed by atoms with E-state index in [9.17, 15) is 0 Å². The van der Waals surface area contributed by atoms with Crippen LogP contribution < -0.4 is 0 Å². The summed E-state index contributed by atoms with van der Waals surface area (Å²) < 4.78 is 0.382. The van der Waals surface area contributed by atoms with Crippen molar-refractivity contribution in [3.05, 3.63) is 6.92 Å². The molecule has 14 heavy (non-hydrogen) atoms. The van der Waals surface area contributed by atoms with E-state index in [1.807, 2.05) is 0 Å². The summed E-state index contributed by atoms with van der Waals surface area (Å²) in [6, 6.07) is 0. The van der Waals surface area contributed by atoms with Gasteiger partial charge in [0.25, 0.3) is 0 Å². The van der Waals surface area contributed by atoms with Crippen LogP contribution in [0.4, 0.5) is 0 Å². The molecule has 0 saturated carbocycles. The molecule has 2 heteroatoms. The van der Waals surface area contributed by atoms with Crippen LogP contribution in [-0.2, 0) is 0 Å². The van der Waals surface area contributed by atoms with Gasteiger partial charge in [0.05, 0.1) is 0 Å². The van der Waals surface area contributed by atoms with Crippen LogP contribution in [0.25, 0.3) is 0 Å². The van der Waals surface area contributed by atoms with E-state index in [1.54, 1.807) is 0 Å². The fourth-order valence-corrected chi connectivity index (χ4v) is 2.96. The van der Waals surface area contributed by atoms with Gasteiger partial charge in [-0.15, -0.1) is 0 Å². The standard InChI is InChI=1S/C12H23Br2/c1-3-5-9-12(14,8-4-2)10-6-7-11-13/h2-11H2,1H3. The van der Waals surface area contributed by atoms with Crippen LogP contribution in [0.15, 0.2) is 0 Å². The molecule has 1 atom stereocenters. The Morgan fingerprint density at radius 3 is 2.21 bits per heavy atom. The van der Waals surface area contributed by atoms with Crippen LogP contribution in [0, 0.1) is 6.92 Å². The summed E-state index contributed by atoms with van der Waals surface area (Å²) >= 11 is 7.40. The van der Waals surface area contributed by atoms with E-state index in [2.05, 4.69) is 45.7 Å². The molecule has 1 unspecified atom stereocenters. The van der Waals surface area contributed by atoms with Crippen molar-refractivity contribution < 1.29 is 0 Å². The smallest absolute Gasteiger partial charge is 0.0258 e. The van der Waals surface area contributed by atoms with Crippen molar-refractivity contribution in [1.82, 2.24) is 0 Å². The minimum Gasteiger partial charge on any atom is -0.0928 e. The number of halogens is 2. The molecule has 0 spiro atoms. The molecule has 0 aliphatic rings. The Morgan fingerprint density at radius 2 is 1.71 bits per heavy atom. The molecule has 0 heterocycles. The summed E-state index contributed by atoms with van der Waals surface area (Å²) in [5.41, 5.74) is 0. The van der Waals surface area contributed by atoms with Gasteiger partial charge in [0.1, 0.15) is 0 Å². The first-order valence-corrected chi connectivity index (χ1v) is 7.64. The second-order valence-corrected chi connectivity index (χ2v) is 6.48. The monoisotopic (exact) mass is 325 g/mol. The molecule has 0 N–H and O–H groups in total. The van der Waals surface area contributed by atoms with Crippen molar-refractivity contribution in [1.29, 1.82) is 0 Å². The van der Waals surface area contributed by atoms with E-state index in [0.717, 1.165) is 11.8 Å². The van der Waals surface area contributed by atoms with Gasteiger partial charge in [-0.25, -0.2) is 0 Å². The lowest BCUT2D eigenvalue weighted by atomic mass is 9.91. The lowest BCUT2D eigenvalue weighted by Gasteiger charge is -2.27. The molecule has 1 radical (unpaired) electrons. The van der Waals surface area contributed by atoms with Gasteiger partial charge < -0.3 is 0 Å². The number of hydrogen-bond donors (Lipinski definition) is 0. The van der Waals surface area contributed by atoms with Gasteiger partial charge in [0.2, 0.25) is 0 Å². The van der Waals surface area contributed by atoms with Gasteiger partial charge in [-0.2, -0.15) is 0 Å². The Balaban J connectivity index is 3.82. The lowest BCUT2D eigenvalue weighted by Crippen LogP contribution is -2.20. The second kappa shape index (κ2) is 9.21. The van der Waals surface area contributed by atoms with Gasteiger partial charge in [-0.05, 0) is 25.7 Å². The van der Waals surface area contributed by atoms with Gasteiger partial charge in [0.15, 0.2) is 0 Å². The second-order valence-electron chi connectivity index (χ2n) is 4.00. The Hall–Kier alpha value is 0.960. The first-order valence-electron chi connectivity index (χ1n) is 5.72. The molecule has 0 aromatic carbocycles. The minimum absolute atomic E-state index is 0.382. The van der Waals surface area contributed by atoms with Crippen molar-refractivity contribution in [2.45, 2.75) is 62.6 Å². The third-order valence-electron chi connectivity index (χ3n) is 2.61. The van der Waals surface area contributed by atoms with E-state index in [0.29, 0.717) is 4.32 Å². The first-order chi connectivity index (χ1) is 6.68. The molecular weight excluding hydrogens is 304 g/mol. The van der Waals surface area contributed by atoms with Crippen molar-refractivity contribution in [2.75, 3.05) is 5.33 Å². The Kier molecular flexibility index (Phi) is 9.84. The SMILES string of the molecule is [CH2]CCC(Br)(CCCC)CCCCBr. The zero-order valence-electron chi connectivity index (χ0n) is 9.33. The summed E-state index contributed by atoms with van der Waals surface area (Å²) in [5.74, 6) is 0. The van der Waals surface area contributed by atoms with Crippen LogP contribution >= 0.6 is 31.9 Å². The predicted octanol–water partition coefficient (Wildman–Crippen LogP) is 5.49. The van der Waals surface area contributed by atoms with Crippen molar-refractivity contribution >= 4 is 31.9 Å². The van der Waals surface area contributed by atoms with Crippen LogP contribution in [-0.4, -0.2) is 9.65 Å². The average molecular weight is 327 g/mol. The van der Waals surface area contributed by atoms with E-state index < -0.39 is 0 Å². The zero-order chi connectivity index (χ0) is 10.9. The first kappa shape index (κ1) is 15.0. The maximum Gasteiger partial charge on any atom is 0.0258 e. The van der Waals surface area contributed by atoms with Crippen molar-refractivity contribution in [2.24, 2.45) is 0 Å². The summed E-state index contributed by atoms with van der Waals surface area (Å²) in [6.45, 7) is 6.23.